The van der Waals surface area contributed by atoms with Crippen LogP contribution in [0.4, 0.5) is 0 Å². The lowest BCUT2D eigenvalue weighted by Gasteiger charge is -2.17. The fraction of sp³-hybridized carbons (Fsp3) is 0.269. The van der Waals surface area contributed by atoms with Gasteiger partial charge in [0.25, 0.3) is 5.56 Å². The van der Waals surface area contributed by atoms with Gasteiger partial charge in [0, 0.05) is 37.5 Å². The van der Waals surface area contributed by atoms with E-state index >= 15 is 0 Å². The molecule has 6 heteroatoms. The summed E-state index contributed by atoms with van der Waals surface area (Å²) >= 11 is 0. The number of hydrogen-bond donors (Lipinski definition) is 1. The fourth-order valence-electron chi connectivity index (χ4n) is 3.99. The summed E-state index contributed by atoms with van der Waals surface area (Å²) in [6.07, 6.45) is 7.09. The number of rotatable bonds is 8. The number of H-pyrrole nitrogens is 1. The number of hydrogen-bond acceptors (Lipinski definition) is 3. The van der Waals surface area contributed by atoms with Crippen LogP contribution in [0.1, 0.15) is 38.2 Å². The molecule has 0 unspecified atom stereocenters. The third kappa shape index (κ3) is 4.49. The number of para-hydroxylation sites is 1. The summed E-state index contributed by atoms with van der Waals surface area (Å²) in [5.74, 6) is 0.165. The number of amides is 1. The molecule has 0 spiro atoms. The lowest BCUT2D eigenvalue weighted by atomic mass is 10.0. The van der Waals surface area contributed by atoms with Gasteiger partial charge in [-0.2, -0.15) is 0 Å². The maximum absolute atomic E-state index is 12.7. The summed E-state index contributed by atoms with van der Waals surface area (Å²) in [7, 11) is 1.85. The number of carbonyl (C=O) groups is 1. The second-order valence-corrected chi connectivity index (χ2v) is 8.08. The molecule has 32 heavy (non-hydrogen) atoms. The highest BCUT2D eigenvalue weighted by Gasteiger charge is 2.16. The number of aromatic nitrogens is 3. The largest absolute Gasteiger partial charge is 0.341 e. The van der Waals surface area contributed by atoms with Gasteiger partial charge in [0.05, 0.1) is 6.33 Å². The first-order valence-electron chi connectivity index (χ1n) is 11.1. The maximum Gasteiger partial charge on any atom is 0.275 e. The molecule has 2 aromatic heterocycles. The number of unbranched alkanes of at least 4 members (excludes halogenated alkanes) is 2. The number of nitrogens with zero attached hydrogens (tertiary/aromatic N) is 3. The van der Waals surface area contributed by atoms with Crippen molar-refractivity contribution in [1.29, 1.82) is 0 Å². The van der Waals surface area contributed by atoms with Crippen LogP contribution in [0.5, 0.6) is 0 Å². The van der Waals surface area contributed by atoms with Gasteiger partial charge in [-0.1, -0.05) is 56.2 Å². The molecule has 0 aliphatic rings. The van der Waals surface area contributed by atoms with Crippen LogP contribution in [0, 0.1) is 0 Å². The summed E-state index contributed by atoms with van der Waals surface area (Å²) in [5, 5.41) is 0. The van der Waals surface area contributed by atoms with Crippen molar-refractivity contribution in [3.8, 4) is 16.8 Å². The summed E-state index contributed by atoms with van der Waals surface area (Å²) in [4.78, 5) is 34.0. The van der Waals surface area contributed by atoms with Crippen LogP contribution in [0.2, 0.25) is 0 Å². The number of benzene rings is 2. The molecule has 1 amide bonds. The molecule has 0 atom stereocenters. The minimum absolute atomic E-state index is 0.165. The van der Waals surface area contributed by atoms with Crippen LogP contribution in [-0.4, -0.2) is 32.4 Å². The van der Waals surface area contributed by atoms with Gasteiger partial charge < -0.3 is 14.5 Å². The molecule has 4 rings (SSSR count). The molecular weight excluding hydrogens is 400 g/mol. The van der Waals surface area contributed by atoms with Crippen LogP contribution in [0.25, 0.3) is 27.8 Å². The van der Waals surface area contributed by atoms with Crippen molar-refractivity contribution in [1.82, 2.24) is 19.4 Å². The van der Waals surface area contributed by atoms with E-state index in [1.807, 2.05) is 66.3 Å². The molecule has 0 bridgehead atoms. The highest BCUT2D eigenvalue weighted by Crippen LogP contribution is 2.30. The van der Waals surface area contributed by atoms with Crippen LogP contribution >= 0.6 is 0 Å². The van der Waals surface area contributed by atoms with Crippen molar-refractivity contribution < 1.29 is 4.79 Å². The van der Waals surface area contributed by atoms with E-state index < -0.39 is 0 Å². The molecule has 0 saturated heterocycles. The molecule has 6 nitrogen and oxygen atoms in total. The quantitative estimate of drug-likeness (QED) is 0.405. The molecule has 0 saturated carbocycles. The number of carbonyl (C=O) groups excluding carboxylic acids is 1. The molecule has 0 aliphatic carbocycles. The lowest BCUT2D eigenvalue weighted by molar-refractivity contribution is -0.130. The van der Waals surface area contributed by atoms with Gasteiger partial charge in [0.15, 0.2) is 0 Å². The van der Waals surface area contributed by atoms with E-state index in [1.165, 1.54) is 6.33 Å². The third-order valence-electron chi connectivity index (χ3n) is 5.69. The predicted octanol–water partition coefficient (Wildman–Crippen LogP) is 4.92. The first-order chi connectivity index (χ1) is 15.6. The smallest absolute Gasteiger partial charge is 0.275 e. The van der Waals surface area contributed by atoms with Crippen LogP contribution in [0.15, 0.2) is 71.9 Å². The van der Waals surface area contributed by atoms with E-state index in [0.717, 1.165) is 41.6 Å². The van der Waals surface area contributed by atoms with Crippen LogP contribution in [0.3, 0.4) is 0 Å². The van der Waals surface area contributed by atoms with E-state index in [4.69, 9.17) is 0 Å². The molecule has 1 N–H and O–H groups in total. The Hall–Kier alpha value is -3.67. The van der Waals surface area contributed by atoms with Gasteiger partial charge in [-0.25, -0.2) is 4.98 Å². The summed E-state index contributed by atoms with van der Waals surface area (Å²) in [6.45, 7) is 2.68. The highest BCUT2D eigenvalue weighted by atomic mass is 16.2. The first kappa shape index (κ1) is 21.6. The molecule has 0 aliphatic heterocycles. The van der Waals surface area contributed by atoms with E-state index in [2.05, 4.69) is 23.0 Å². The van der Waals surface area contributed by atoms with E-state index in [0.29, 0.717) is 24.0 Å². The van der Waals surface area contributed by atoms with Gasteiger partial charge in [0.1, 0.15) is 11.0 Å². The molecule has 0 fully saturated rings. The standard InChI is InChI=1S/C26H28N4O2/c1-3-4-6-14-23(31)29(2)16-19-10-9-11-20(15-19)22-17-30(21-12-7-5-8-13-21)25-24(22)27-18-28-26(25)32/h5,7-13,15,17-18H,3-4,6,14,16H2,1-2H3,(H,27,28,32). The minimum atomic E-state index is -0.182. The van der Waals surface area contributed by atoms with E-state index in [9.17, 15) is 9.59 Å². The lowest BCUT2D eigenvalue weighted by Crippen LogP contribution is -2.25. The monoisotopic (exact) mass is 428 g/mol. The van der Waals surface area contributed by atoms with Crippen molar-refractivity contribution in [2.24, 2.45) is 0 Å². The van der Waals surface area contributed by atoms with E-state index in [1.54, 1.807) is 4.90 Å². The third-order valence-corrected chi connectivity index (χ3v) is 5.69. The average Bonchev–Trinajstić information content (AvgIpc) is 3.21. The molecule has 0 radical (unpaired) electrons. The number of fused-ring (bicyclic) bond motifs is 1. The van der Waals surface area contributed by atoms with Crippen LogP contribution < -0.4 is 5.56 Å². The Balaban J connectivity index is 1.68. The zero-order valence-corrected chi connectivity index (χ0v) is 18.5. The Kier molecular flexibility index (Phi) is 6.50. The Bertz CT molecular complexity index is 1270. The van der Waals surface area contributed by atoms with Gasteiger partial charge in [0.2, 0.25) is 5.91 Å². The Labute approximate surface area is 187 Å². The molecule has 2 heterocycles. The zero-order chi connectivity index (χ0) is 22.5. The van der Waals surface area contributed by atoms with Crippen molar-refractivity contribution in [2.75, 3.05) is 7.05 Å². The van der Waals surface area contributed by atoms with E-state index in [-0.39, 0.29) is 11.5 Å². The number of aromatic amines is 1. The van der Waals surface area contributed by atoms with Crippen molar-refractivity contribution in [2.45, 2.75) is 39.2 Å². The second kappa shape index (κ2) is 9.64. The maximum atomic E-state index is 12.7. The van der Waals surface area contributed by atoms with Gasteiger partial charge in [-0.3, -0.25) is 9.59 Å². The molecule has 4 aromatic rings. The predicted molar refractivity (Wildman–Crippen MR) is 128 cm³/mol. The van der Waals surface area contributed by atoms with Gasteiger partial charge in [-0.15, -0.1) is 0 Å². The Morgan fingerprint density at radius 1 is 1.09 bits per heavy atom. The topological polar surface area (TPSA) is 71.0 Å². The van der Waals surface area contributed by atoms with Gasteiger partial charge in [-0.05, 0) is 35.7 Å². The normalized spacial score (nSPS) is 11.1. The Morgan fingerprint density at radius 2 is 1.91 bits per heavy atom. The van der Waals surface area contributed by atoms with Gasteiger partial charge >= 0.3 is 0 Å². The zero-order valence-electron chi connectivity index (χ0n) is 18.5. The summed E-state index contributed by atoms with van der Waals surface area (Å²) in [6, 6.07) is 17.9. The van der Waals surface area contributed by atoms with Crippen molar-refractivity contribution >= 4 is 16.9 Å². The molecular formula is C26H28N4O2. The highest BCUT2D eigenvalue weighted by molar-refractivity contribution is 5.93. The average molecular weight is 429 g/mol. The molecule has 2 aromatic carbocycles. The van der Waals surface area contributed by atoms with Crippen LogP contribution in [-0.2, 0) is 11.3 Å². The summed E-state index contributed by atoms with van der Waals surface area (Å²) < 4.78 is 1.88. The van der Waals surface area contributed by atoms with Crippen molar-refractivity contribution in [3.63, 3.8) is 0 Å². The minimum Gasteiger partial charge on any atom is -0.341 e. The Morgan fingerprint density at radius 3 is 2.69 bits per heavy atom. The SMILES string of the molecule is CCCCCC(=O)N(C)Cc1cccc(-c2cn(-c3ccccc3)c3c(=O)[nH]cnc23)c1. The summed E-state index contributed by atoms with van der Waals surface area (Å²) in [5.41, 5.74) is 4.77. The fourth-order valence-corrected chi connectivity index (χ4v) is 3.99. The second-order valence-electron chi connectivity index (χ2n) is 8.08. The number of nitrogens with one attached hydrogen (secondary N) is 1. The molecule has 164 valence electrons. The first-order valence-corrected chi connectivity index (χ1v) is 11.1. The van der Waals surface area contributed by atoms with Crippen molar-refractivity contribution in [3.05, 3.63) is 83.0 Å².